The maximum Gasteiger partial charge on any atom is 0.0631 e. The third-order valence-electron chi connectivity index (χ3n) is 6.56. The fourth-order valence-electron chi connectivity index (χ4n) is 5.33. The van der Waals surface area contributed by atoms with Gasteiger partial charge in [0.15, 0.2) is 0 Å². The molecule has 2 aliphatic heterocycles. The van der Waals surface area contributed by atoms with Crippen LogP contribution in [0.2, 0.25) is 0 Å². The second-order valence-electron chi connectivity index (χ2n) is 9.00. The molecule has 4 atom stereocenters. The lowest BCUT2D eigenvalue weighted by atomic mass is 9.80. The molecule has 0 aromatic heterocycles. The van der Waals surface area contributed by atoms with E-state index in [1.54, 1.807) is 0 Å². The summed E-state index contributed by atoms with van der Waals surface area (Å²) in [6.07, 6.45) is 12.2. The molecule has 0 bridgehead atoms. The van der Waals surface area contributed by atoms with Gasteiger partial charge in [-0.05, 0) is 62.8 Å². The summed E-state index contributed by atoms with van der Waals surface area (Å²) in [4.78, 5) is 2.93. The average molecular weight is 293 g/mol. The highest BCUT2D eigenvalue weighted by atomic mass is 15.3. The maximum atomic E-state index is 3.88. The number of hydrogen-bond donors (Lipinski definition) is 1. The van der Waals surface area contributed by atoms with E-state index in [9.17, 15) is 0 Å². The third kappa shape index (κ3) is 3.17. The minimum atomic E-state index is 0.405. The summed E-state index contributed by atoms with van der Waals surface area (Å²) in [5.74, 6) is 1.83. The number of hydrogen-bond acceptors (Lipinski definition) is 2. The van der Waals surface area contributed by atoms with Crippen LogP contribution >= 0.6 is 0 Å². The first-order valence-corrected chi connectivity index (χ1v) is 9.49. The van der Waals surface area contributed by atoms with Crippen LogP contribution in [0.15, 0.2) is 0 Å². The van der Waals surface area contributed by atoms with Gasteiger partial charge < -0.3 is 5.32 Å². The van der Waals surface area contributed by atoms with Crippen LogP contribution in [0, 0.1) is 17.3 Å². The zero-order valence-corrected chi connectivity index (χ0v) is 14.7. The molecule has 2 heterocycles. The Balaban J connectivity index is 1.80. The molecule has 2 saturated heterocycles. The highest BCUT2D eigenvalue weighted by Crippen LogP contribution is 2.44. The van der Waals surface area contributed by atoms with Gasteiger partial charge in [0, 0.05) is 12.1 Å². The molecule has 0 aromatic rings. The SMILES string of the molecule is C[C@H](C1CCCCC1)N1C2NCCCC2CC1C(C)(C)C. The van der Waals surface area contributed by atoms with Crippen molar-refractivity contribution >= 4 is 0 Å². The lowest BCUT2D eigenvalue weighted by molar-refractivity contribution is 0.0149. The van der Waals surface area contributed by atoms with E-state index in [1.807, 2.05) is 0 Å². The number of nitrogens with zero attached hydrogens (tertiary/aromatic N) is 1. The van der Waals surface area contributed by atoms with Crippen LogP contribution in [-0.2, 0) is 0 Å². The highest BCUT2D eigenvalue weighted by Gasteiger charge is 2.49. The number of rotatable bonds is 2. The van der Waals surface area contributed by atoms with Gasteiger partial charge in [0.1, 0.15) is 0 Å². The summed E-state index contributed by atoms with van der Waals surface area (Å²) in [6, 6.07) is 1.52. The Morgan fingerprint density at radius 1 is 1.00 bits per heavy atom. The summed E-state index contributed by atoms with van der Waals surface area (Å²) in [7, 11) is 0. The standard InChI is InChI=1S/C19H36N2/c1-14(15-9-6-5-7-10-15)21-17(19(2,3)4)13-16-11-8-12-20-18(16)21/h14-18,20H,5-13H2,1-4H3/t14-,16?,17?,18?/m1/s1. The molecular weight excluding hydrogens is 256 g/mol. The molecule has 3 fully saturated rings. The van der Waals surface area contributed by atoms with E-state index < -0.39 is 0 Å². The van der Waals surface area contributed by atoms with Crippen LogP contribution in [0.5, 0.6) is 0 Å². The lowest BCUT2D eigenvalue weighted by Crippen LogP contribution is -2.57. The fourth-order valence-corrected chi connectivity index (χ4v) is 5.33. The van der Waals surface area contributed by atoms with Crippen molar-refractivity contribution in [2.45, 2.75) is 97.3 Å². The van der Waals surface area contributed by atoms with E-state index in [4.69, 9.17) is 0 Å². The highest BCUT2D eigenvalue weighted by molar-refractivity contribution is 5.01. The number of fused-ring (bicyclic) bond motifs is 1. The van der Waals surface area contributed by atoms with Crippen molar-refractivity contribution in [1.82, 2.24) is 10.2 Å². The molecule has 2 nitrogen and oxygen atoms in total. The van der Waals surface area contributed by atoms with E-state index in [0.717, 1.165) is 23.9 Å². The van der Waals surface area contributed by atoms with Gasteiger partial charge in [-0.15, -0.1) is 0 Å². The second kappa shape index (κ2) is 6.20. The van der Waals surface area contributed by atoms with E-state index in [-0.39, 0.29) is 0 Å². The number of likely N-dealkylation sites (tertiary alicyclic amines) is 1. The topological polar surface area (TPSA) is 15.3 Å². The molecule has 0 amide bonds. The molecule has 2 heteroatoms. The number of piperidine rings is 1. The first-order valence-electron chi connectivity index (χ1n) is 9.49. The Labute approximate surface area is 132 Å². The van der Waals surface area contributed by atoms with Gasteiger partial charge in [-0.25, -0.2) is 0 Å². The van der Waals surface area contributed by atoms with Crippen LogP contribution in [0.4, 0.5) is 0 Å². The minimum Gasteiger partial charge on any atom is -0.301 e. The van der Waals surface area contributed by atoms with Crippen LogP contribution in [0.1, 0.15) is 79.1 Å². The molecular formula is C19H36N2. The first-order chi connectivity index (χ1) is 9.98. The van der Waals surface area contributed by atoms with Crippen LogP contribution in [0.3, 0.4) is 0 Å². The normalized spacial score (nSPS) is 37.4. The molecule has 1 aliphatic carbocycles. The Kier molecular flexibility index (Phi) is 4.66. The van der Waals surface area contributed by atoms with Gasteiger partial charge in [0.2, 0.25) is 0 Å². The van der Waals surface area contributed by atoms with E-state index >= 15 is 0 Å². The lowest BCUT2D eigenvalue weighted by Gasteiger charge is -2.46. The van der Waals surface area contributed by atoms with Crippen LogP contribution in [-0.4, -0.2) is 29.7 Å². The van der Waals surface area contributed by atoms with Gasteiger partial charge in [0.05, 0.1) is 6.17 Å². The van der Waals surface area contributed by atoms with Gasteiger partial charge in [0.25, 0.3) is 0 Å². The van der Waals surface area contributed by atoms with Crippen molar-refractivity contribution in [3.63, 3.8) is 0 Å². The zero-order chi connectivity index (χ0) is 15.0. The molecule has 3 rings (SSSR count). The summed E-state index contributed by atoms with van der Waals surface area (Å²) in [5, 5.41) is 3.88. The third-order valence-corrected chi connectivity index (χ3v) is 6.56. The maximum absolute atomic E-state index is 3.88. The van der Waals surface area contributed by atoms with E-state index in [0.29, 0.717) is 11.6 Å². The Morgan fingerprint density at radius 2 is 1.71 bits per heavy atom. The Bertz CT molecular complexity index is 340. The second-order valence-corrected chi connectivity index (χ2v) is 9.00. The average Bonchev–Trinajstić information content (AvgIpc) is 2.87. The fraction of sp³-hybridized carbons (Fsp3) is 1.00. The van der Waals surface area contributed by atoms with Crippen molar-refractivity contribution in [1.29, 1.82) is 0 Å². The molecule has 0 radical (unpaired) electrons. The van der Waals surface area contributed by atoms with Crippen molar-refractivity contribution in [3.8, 4) is 0 Å². The molecule has 0 aromatic carbocycles. The van der Waals surface area contributed by atoms with Crippen molar-refractivity contribution in [2.75, 3.05) is 6.54 Å². The smallest absolute Gasteiger partial charge is 0.0631 e. The number of nitrogens with one attached hydrogen (secondary N) is 1. The van der Waals surface area contributed by atoms with Crippen LogP contribution in [0.25, 0.3) is 0 Å². The monoisotopic (exact) mass is 292 g/mol. The van der Waals surface area contributed by atoms with E-state index in [1.165, 1.54) is 57.9 Å². The minimum absolute atomic E-state index is 0.405. The molecule has 1 saturated carbocycles. The van der Waals surface area contributed by atoms with Gasteiger partial charge in [-0.1, -0.05) is 40.0 Å². The van der Waals surface area contributed by atoms with Crippen molar-refractivity contribution in [2.24, 2.45) is 17.3 Å². The van der Waals surface area contributed by atoms with Crippen molar-refractivity contribution in [3.05, 3.63) is 0 Å². The summed E-state index contributed by atoms with van der Waals surface area (Å²) >= 11 is 0. The van der Waals surface area contributed by atoms with Crippen molar-refractivity contribution < 1.29 is 0 Å². The summed E-state index contributed by atoms with van der Waals surface area (Å²) in [6.45, 7) is 11.1. The Morgan fingerprint density at radius 3 is 2.38 bits per heavy atom. The molecule has 21 heavy (non-hydrogen) atoms. The predicted octanol–water partition coefficient (Wildman–Crippen LogP) is 4.40. The quantitative estimate of drug-likeness (QED) is 0.811. The predicted molar refractivity (Wildman–Crippen MR) is 90.3 cm³/mol. The molecule has 0 spiro atoms. The van der Waals surface area contributed by atoms with Crippen LogP contribution < -0.4 is 5.32 Å². The van der Waals surface area contributed by atoms with E-state index in [2.05, 4.69) is 37.9 Å². The molecule has 122 valence electrons. The molecule has 3 aliphatic rings. The summed E-state index contributed by atoms with van der Waals surface area (Å²) < 4.78 is 0. The zero-order valence-electron chi connectivity index (χ0n) is 14.7. The first kappa shape index (κ1) is 15.8. The summed E-state index contributed by atoms with van der Waals surface area (Å²) in [5.41, 5.74) is 0.405. The Hall–Kier alpha value is -0.0800. The van der Waals surface area contributed by atoms with Gasteiger partial charge in [-0.3, -0.25) is 4.90 Å². The largest absolute Gasteiger partial charge is 0.301 e. The molecule has 3 unspecified atom stereocenters. The van der Waals surface area contributed by atoms with Gasteiger partial charge in [-0.2, -0.15) is 0 Å². The molecule has 1 N–H and O–H groups in total. The van der Waals surface area contributed by atoms with Gasteiger partial charge >= 0.3 is 0 Å².